The third kappa shape index (κ3) is 4.22. The fourth-order valence-corrected chi connectivity index (χ4v) is 3.87. The van der Waals surface area contributed by atoms with Gasteiger partial charge in [-0.25, -0.2) is 0 Å². The van der Waals surface area contributed by atoms with Crippen molar-refractivity contribution in [3.8, 4) is 0 Å². The number of hydrogen-bond donors (Lipinski definition) is 3. The van der Waals surface area contributed by atoms with Gasteiger partial charge in [-0.1, -0.05) is 18.2 Å². The van der Waals surface area contributed by atoms with Crippen LogP contribution in [-0.2, 0) is 9.59 Å². The number of hydrogen-bond acceptors (Lipinski definition) is 4. The Labute approximate surface area is 127 Å². The summed E-state index contributed by atoms with van der Waals surface area (Å²) in [6, 6.07) is 8.97. The fourth-order valence-electron chi connectivity index (χ4n) is 2.90. The number of carboxylic acids is 2. The van der Waals surface area contributed by atoms with E-state index in [0.29, 0.717) is 0 Å². The van der Waals surface area contributed by atoms with Crippen molar-refractivity contribution in [2.24, 2.45) is 23.5 Å². The summed E-state index contributed by atoms with van der Waals surface area (Å²) in [5, 5.41) is 17.9. The van der Waals surface area contributed by atoms with Crippen molar-refractivity contribution >= 4 is 23.7 Å². The highest BCUT2D eigenvalue weighted by molar-refractivity contribution is 7.99. The standard InChI is InChI=1S/C15H19NO4S/c16-14(15(19)20)13-10(11(13)8-12(17)18)6-7-21-9-4-2-1-3-5-9/h1-5,10-11,13-14H,6-8,16H2,(H,17,18)(H,19,20)/t10-,11-,13-,14?/m0/s1. The minimum atomic E-state index is -1.05. The van der Waals surface area contributed by atoms with Crippen LogP contribution in [0, 0.1) is 17.8 Å². The summed E-state index contributed by atoms with van der Waals surface area (Å²) in [5.74, 6) is -1.31. The summed E-state index contributed by atoms with van der Waals surface area (Å²) < 4.78 is 0. The van der Waals surface area contributed by atoms with E-state index < -0.39 is 18.0 Å². The third-order valence-corrected chi connectivity index (χ3v) is 5.02. The maximum absolute atomic E-state index is 11.0. The molecule has 0 radical (unpaired) electrons. The van der Waals surface area contributed by atoms with Crippen LogP contribution >= 0.6 is 11.8 Å². The summed E-state index contributed by atoms with van der Waals surface area (Å²) in [6.45, 7) is 0. The van der Waals surface area contributed by atoms with Crippen LogP contribution in [0.15, 0.2) is 35.2 Å². The molecule has 0 aliphatic heterocycles. The Morgan fingerprint density at radius 1 is 1.19 bits per heavy atom. The van der Waals surface area contributed by atoms with Gasteiger partial charge in [0.2, 0.25) is 0 Å². The Balaban J connectivity index is 1.85. The summed E-state index contributed by atoms with van der Waals surface area (Å²) in [4.78, 5) is 23.0. The van der Waals surface area contributed by atoms with E-state index in [0.717, 1.165) is 17.1 Å². The number of rotatable bonds is 8. The van der Waals surface area contributed by atoms with Crippen molar-refractivity contribution in [3.05, 3.63) is 30.3 Å². The SMILES string of the molecule is NC(C(=O)O)[C@H]1[C@@H](CCSc2ccccc2)[C@@H]1CC(=O)O. The van der Waals surface area contributed by atoms with Gasteiger partial charge in [-0.15, -0.1) is 11.8 Å². The van der Waals surface area contributed by atoms with Crippen molar-refractivity contribution in [1.29, 1.82) is 0 Å². The highest BCUT2D eigenvalue weighted by Gasteiger charge is 2.54. The second-order valence-electron chi connectivity index (χ2n) is 5.32. The first kappa shape index (κ1) is 15.9. The molecule has 1 aromatic carbocycles. The number of nitrogens with two attached hydrogens (primary N) is 1. The van der Waals surface area contributed by atoms with Crippen LogP contribution in [0.4, 0.5) is 0 Å². The van der Waals surface area contributed by atoms with Crippen LogP contribution in [-0.4, -0.2) is 33.9 Å². The van der Waals surface area contributed by atoms with E-state index in [1.165, 1.54) is 0 Å². The molecule has 0 saturated heterocycles. The Bertz CT molecular complexity index is 508. The average molecular weight is 309 g/mol. The van der Waals surface area contributed by atoms with E-state index in [2.05, 4.69) is 0 Å². The van der Waals surface area contributed by atoms with Gasteiger partial charge in [0, 0.05) is 11.3 Å². The van der Waals surface area contributed by atoms with Crippen molar-refractivity contribution in [1.82, 2.24) is 0 Å². The second-order valence-corrected chi connectivity index (χ2v) is 6.49. The zero-order valence-corrected chi connectivity index (χ0v) is 12.3. The molecule has 4 atom stereocenters. The van der Waals surface area contributed by atoms with Gasteiger partial charge in [-0.3, -0.25) is 9.59 Å². The smallest absolute Gasteiger partial charge is 0.320 e. The largest absolute Gasteiger partial charge is 0.481 e. The van der Waals surface area contributed by atoms with Crippen LogP contribution in [0.1, 0.15) is 12.8 Å². The van der Waals surface area contributed by atoms with Gasteiger partial charge >= 0.3 is 11.9 Å². The topological polar surface area (TPSA) is 101 Å². The molecular weight excluding hydrogens is 290 g/mol. The van der Waals surface area contributed by atoms with Crippen LogP contribution in [0.25, 0.3) is 0 Å². The molecule has 0 amide bonds. The third-order valence-electron chi connectivity index (χ3n) is 3.97. The molecule has 1 saturated carbocycles. The van der Waals surface area contributed by atoms with Gasteiger partial charge in [0.05, 0.1) is 0 Å². The number of thioether (sulfide) groups is 1. The summed E-state index contributed by atoms with van der Waals surface area (Å²) in [6.07, 6.45) is 0.801. The zero-order valence-electron chi connectivity index (χ0n) is 11.5. The van der Waals surface area contributed by atoms with Crippen molar-refractivity contribution < 1.29 is 19.8 Å². The lowest BCUT2D eigenvalue weighted by molar-refractivity contribution is -0.140. The first-order valence-corrected chi connectivity index (χ1v) is 7.87. The van der Waals surface area contributed by atoms with E-state index in [-0.39, 0.29) is 24.2 Å². The molecule has 2 rings (SSSR count). The molecule has 21 heavy (non-hydrogen) atoms. The quantitative estimate of drug-likeness (QED) is 0.634. The molecule has 6 heteroatoms. The van der Waals surface area contributed by atoms with E-state index >= 15 is 0 Å². The monoisotopic (exact) mass is 309 g/mol. The van der Waals surface area contributed by atoms with Crippen molar-refractivity contribution in [2.45, 2.75) is 23.8 Å². The minimum Gasteiger partial charge on any atom is -0.481 e. The van der Waals surface area contributed by atoms with Gasteiger partial charge in [0.25, 0.3) is 0 Å². The van der Waals surface area contributed by atoms with Crippen LogP contribution < -0.4 is 5.73 Å². The maximum Gasteiger partial charge on any atom is 0.320 e. The normalized spacial score (nSPS) is 25.3. The number of carbonyl (C=O) groups is 2. The molecular formula is C15H19NO4S. The summed E-state index contributed by atoms with van der Waals surface area (Å²) in [5.41, 5.74) is 5.66. The first-order chi connectivity index (χ1) is 10.0. The van der Waals surface area contributed by atoms with Gasteiger partial charge in [-0.2, -0.15) is 0 Å². The van der Waals surface area contributed by atoms with Crippen molar-refractivity contribution in [2.75, 3.05) is 5.75 Å². The molecule has 1 unspecified atom stereocenters. The number of carboxylic acid groups (broad SMARTS) is 2. The van der Waals surface area contributed by atoms with Gasteiger partial charge < -0.3 is 15.9 Å². The highest BCUT2D eigenvalue weighted by atomic mass is 32.2. The fraction of sp³-hybridized carbons (Fsp3) is 0.467. The van der Waals surface area contributed by atoms with E-state index in [1.54, 1.807) is 11.8 Å². The number of benzene rings is 1. The Morgan fingerprint density at radius 3 is 2.43 bits per heavy atom. The molecule has 114 valence electrons. The zero-order chi connectivity index (χ0) is 15.4. The lowest BCUT2D eigenvalue weighted by Crippen LogP contribution is -2.33. The molecule has 5 nitrogen and oxygen atoms in total. The maximum atomic E-state index is 11.0. The molecule has 0 aromatic heterocycles. The number of aliphatic carboxylic acids is 2. The average Bonchev–Trinajstić information content (AvgIpc) is 3.10. The van der Waals surface area contributed by atoms with Crippen LogP contribution in [0.5, 0.6) is 0 Å². The minimum absolute atomic E-state index is 0.00627. The van der Waals surface area contributed by atoms with E-state index in [1.807, 2.05) is 30.3 Å². The molecule has 1 fully saturated rings. The van der Waals surface area contributed by atoms with E-state index in [4.69, 9.17) is 15.9 Å². The molecule has 0 spiro atoms. The molecule has 1 aliphatic rings. The molecule has 4 N–H and O–H groups in total. The van der Waals surface area contributed by atoms with E-state index in [9.17, 15) is 9.59 Å². The predicted molar refractivity (Wildman–Crippen MR) is 80.1 cm³/mol. The Kier molecular flexibility index (Phi) is 5.25. The summed E-state index contributed by atoms with van der Waals surface area (Å²) >= 11 is 1.70. The first-order valence-electron chi connectivity index (χ1n) is 6.88. The van der Waals surface area contributed by atoms with Crippen LogP contribution in [0.3, 0.4) is 0 Å². The second kappa shape index (κ2) is 6.95. The van der Waals surface area contributed by atoms with Gasteiger partial charge in [-0.05, 0) is 42.1 Å². The Morgan fingerprint density at radius 2 is 1.86 bits per heavy atom. The predicted octanol–water partition coefficient (Wildman–Crippen LogP) is 1.92. The van der Waals surface area contributed by atoms with Crippen LogP contribution in [0.2, 0.25) is 0 Å². The van der Waals surface area contributed by atoms with Crippen molar-refractivity contribution in [3.63, 3.8) is 0 Å². The molecule has 1 aliphatic carbocycles. The lowest BCUT2D eigenvalue weighted by atomic mass is 10.1. The molecule has 0 bridgehead atoms. The van der Waals surface area contributed by atoms with Gasteiger partial charge in [0.15, 0.2) is 0 Å². The molecule has 1 aromatic rings. The Hall–Kier alpha value is -1.53. The highest BCUT2D eigenvalue weighted by Crippen LogP contribution is 2.53. The molecule has 0 heterocycles. The van der Waals surface area contributed by atoms with Gasteiger partial charge in [0.1, 0.15) is 6.04 Å². The summed E-state index contributed by atoms with van der Waals surface area (Å²) in [7, 11) is 0. The lowest BCUT2D eigenvalue weighted by Gasteiger charge is -2.05.